The predicted octanol–water partition coefficient (Wildman–Crippen LogP) is 5.78. The van der Waals surface area contributed by atoms with Gasteiger partial charge in [-0.2, -0.15) is 13.2 Å². The van der Waals surface area contributed by atoms with Crippen molar-refractivity contribution in [2.24, 2.45) is 0 Å². The van der Waals surface area contributed by atoms with Crippen LogP contribution in [-0.4, -0.2) is 25.5 Å². The Balaban J connectivity index is 1.75. The third-order valence-corrected chi connectivity index (χ3v) is 6.52. The number of nitrogens with zero attached hydrogens (tertiary/aromatic N) is 2. The number of aromatic nitrogens is 2. The molecule has 0 fully saturated rings. The molecule has 0 aliphatic heterocycles. The lowest BCUT2D eigenvalue weighted by atomic mass is 10.0. The van der Waals surface area contributed by atoms with Crippen molar-refractivity contribution in [1.82, 2.24) is 9.97 Å². The Morgan fingerprint density at radius 1 is 1.03 bits per heavy atom. The molecule has 4 aromatic rings. The van der Waals surface area contributed by atoms with E-state index in [0.717, 1.165) is 12.1 Å². The minimum Gasteiger partial charge on any atom is -0.493 e. The highest BCUT2D eigenvalue weighted by Gasteiger charge is 2.31. The summed E-state index contributed by atoms with van der Waals surface area (Å²) < 4.78 is 72.3. The highest BCUT2D eigenvalue weighted by atomic mass is 35.5. The molecule has 11 heteroatoms. The van der Waals surface area contributed by atoms with Crippen molar-refractivity contribution in [3.8, 4) is 17.0 Å². The van der Waals surface area contributed by atoms with Gasteiger partial charge in [-0.1, -0.05) is 23.7 Å². The fourth-order valence-electron chi connectivity index (χ4n) is 3.25. The van der Waals surface area contributed by atoms with E-state index in [1.54, 1.807) is 6.07 Å². The Kier molecular flexibility index (Phi) is 5.89. The molecule has 0 aliphatic carbocycles. The van der Waals surface area contributed by atoms with Gasteiger partial charge in [-0.3, -0.25) is 14.7 Å². The number of hydrogen-bond donors (Lipinski definition) is 1. The highest BCUT2D eigenvalue weighted by Crippen LogP contribution is 2.37. The van der Waals surface area contributed by atoms with Crippen molar-refractivity contribution in [2.75, 3.05) is 11.8 Å². The van der Waals surface area contributed by atoms with Gasteiger partial charge in [-0.25, -0.2) is 8.42 Å². The maximum absolute atomic E-state index is 13.0. The summed E-state index contributed by atoms with van der Waals surface area (Å²) in [6.07, 6.45) is -0.292. The minimum atomic E-state index is -4.53. The second-order valence-corrected chi connectivity index (χ2v) is 9.01. The molecule has 0 unspecified atom stereocenters. The first-order valence-corrected chi connectivity index (χ1v) is 11.2. The van der Waals surface area contributed by atoms with Crippen molar-refractivity contribution in [3.05, 3.63) is 77.7 Å². The van der Waals surface area contributed by atoms with Crippen molar-refractivity contribution < 1.29 is 26.3 Å². The number of benzene rings is 2. The molecule has 2 aromatic heterocycles. The minimum absolute atomic E-state index is 0.0236. The molecule has 0 radical (unpaired) electrons. The molecule has 6 nitrogen and oxygen atoms in total. The first-order chi connectivity index (χ1) is 15.6. The van der Waals surface area contributed by atoms with Gasteiger partial charge in [0.1, 0.15) is 0 Å². The van der Waals surface area contributed by atoms with Crippen LogP contribution in [0.1, 0.15) is 5.56 Å². The Morgan fingerprint density at radius 3 is 2.52 bits per heavy atom. The van der Waals surface area contributed by atoms with Gasteiger partial charge in [0.2, 0.25) is 0 Å². The molecule has 0 amide bonds. The Bertz CT molecular complexity index is 1460. The summed E-state index contributed by atoms with van der Waals surface area (Å²) in [5, 5.41) is 0.924. The molecule has 2 heterocycles. The van der Waals surface area contributed by atoms with Gasteiger partial charge in [0.05, 0.1) is 40.2 Å². The lowest BCUT2D eigenvalue weighted by Crippen LogP contribution is -2.13. The van der Waals surface area contributed by atoms with Crippen LogP contribution in [0.15, 0.2) is 72.0 Å². The average molecular weight is 494 g/mol. The van der Waals surface area contributed by atoms with Crippen molar-refractivity contribution in [3.63, 3.8) is 0 Å². The van der Waals surface area contributed by atoms with Crippen molar-refractivity contribution in [1.29, 1.82) is 0 Å². The van der Waals surface area contributed by atoms with E-state index in [1.165, 1.54) is 56.0 Å². The summed E-state index contributed by atoms with van der Waals surface area (Å²) in [4.78, 5) is 8.12. The predicted molar refractivity (Wildman–Crippen MR) is 119 cm³/mol. The van der Waals surface area contributed by atoms with Crippen molar-refractivity contribution >= 4 is 38.1 Å². The summed E-state index contributed by atoms with van der Waals surface area (Å²) in [5.74, 6) is 0.255. The third-order valence-electron chi connectivity index (χ3n) is 4.85. The van der Waals surface area contributed by atoms with Gasteiger partial charge in [0.25, 0.3) is 10.0 Å². The second-order valence-electron chi connectivity index (χ2n) is 6.92. The molecule has 1 N–H and O–H groups in total. The molecule has 0 bridgehead atoms. The number of anilines is 1. The lowest BCUT2D eigenvalue weighted by molar-refractivity contribution is -0.137. The Labute approximate surface area is 192 Å². The van der Waals surface area contributed by atoms with Crippen LogP contribution in [0.25, 0.3) is 22.0 Å². The van der Waals surface area contributed by atoms with E-state index in [0.29, 0.717) is 22.0 Å². The van der Waals surface area contributed by atoms with Gasteiger partial charge < -0.3 is 4.74 Å². The van der Waals surface area contributed by atoms with Gasteiger partial charge in [0.15, 0.2) is 5.75 Å². The zero-order valence-corrected chi connectivity index (χ0v) is 18.5. The number of alkyl halides is 3. The number of halogens is 4. The monoisotopic (exact) mass is 493 g/mol. The zero-order chi connectivity index (χ0) is 23.8. The average Bonchev–Trinajstić information content (AvgIpc) is 2.78. The van der Waals surface area contributed by atoms with Crippen LogP contribution in [0, 0.1) is 0 Å². The van der Waals surface area contributed by atoms with E-state index in [1.807, 2.05) is 0 Å². The molecule has 0 spiro atoms. The summed E-state index contributed by atoms with van der Waals surface area (Å²) >= 11 is 6.13. The van der Waals surface area contributed by atoms with E-state index >= 15 is 0 Å². The molecule has 0 saturated heterocycles. The summed E-state index contributed by atoms with van der Waals surface area (Å²) in [6, 6.07) is 10.4. The zero-order valence-electron chi connectivity index (χ0n) is 16.9. The van der Waals surface area contributed by atoms with E-state index in [2.05, 4.69) is 14.7 Å². The smallest absolute Gasteiger partial charge is 0.416 e. The van der Waals surface area contributed by atoms with Gasteiger partial charge in [-0.05, 0) is 41.8 Å². The van der Waals surface area contributed by atoms with Crippen LogP contribution in [0.5, 0.6) is 5.75 Å². The number of pyridine rings is 2. The summed E-state index contributed by atoms with van der Waals surface area (Å²) in [6.45, 7) is 0. The first-order valence-electron chi connectivity index (χ1n) is 9.37. The molecule has 170 valence electrons. The SMILES string of the molecule is COc1cnccc1NS(=O)(=O)c1ccc2c(-c3ccc(C(F)(F)F)cc3Cl)nccc2c1. The summed E-state index contributed by atoms with van der Waals surface area (Å²) in [5.41, 5.74) is -0.0218. The normalized spacial score (nSPS) is 12.0. The van der Waals surface area contributed by atoms with E-state index in [9.17, 15) is 21.6 Å². The lowest BCUT2D eigenvalue weighted by Gasteiger charge is -2.13. The maximum atomic E-state index is 13.0. The quantitative estimate of drug-likeness (QED) is 0.381. The number of ether oxygens (including phenoxy) is 1. The molecule has 2 aromatic carbocycles. The summed E-state index contributed by atoms with van der Waals surface area (Å²) in [7, 11) is -2.58. The van der Waals surface area contributed by atoms with Crippen LogP contribution >= 0.6 is 11.6 Å². The molecule has 0 aliphatic rings. The highest BCUT2D eigenvalue weighted by molar-refractivity contribution is 7.92. The van der Waals surface area contributed by atoms with Gasteiger partial charge >= 0.3 is 6.18 Å². The van der Waals surface area contributed by atoms with Gasteiger partial charge in [-0.15, -0.1) is 0 Å². The molecular formula is C22H15ClF3N3O3S. The number of rotatable bonds is 5. The molecule has 33 heavy (non-hydrogen) atoms. The van der Waals surface area contributed by atoms with Crippen molar-refractivity contribution in [2.45, 2.75) is 11.1 Å². The number of sulfonamides is 1. The number of hydrogen-bond acceptors (Lipinski definition) is 5. The van der Waals surface area contributed by atoms with Gasteiger partial charge in [0, 0.05) is 23.3 Å². The van der Waals surface area contributed by atoms with E-state index < -0.39 is 21.8 Å². The largest absolute Gasteiger partial charge is 0.493 e. The molecule has 0 atom stereocenters. The number of methoxy groups -OCH3 is 1. The fourth-order valence-corrected chi connectivity index (χ4v) is 4.63. The molecule has 4 rings (SSSR count). The Morgan fingerprint density at radius 2 is 1.82 bits per heavy atom. The topological polar surface area (TPSA) is 81.2 Å². The van der Waals surface area contributed by atoms with E-state index in [4.69, 9.17) is 16.3 Å². The van der Waals surface area contributed by atoms with Crippen LogP contribution in [0.3, 0.4) is 0 Å². The van der Waals surface area contributed by atoms with Crippen LogP contribution in [0.2, 0.25) is 5.02 Å². The standard InChI is InChI=1S/C22H15ClF3N3O3S/c1-32-20-12-27-8-7-19(20)29-33(30,31)15-3-5-16-13(10-15)6-9-28-21(16)17-4-2-14(11-18(17)23)22(24,25)26/h2-12H,1H3,(H,27,29). The first kappa shape index (κ1) is 22.8. The molecular weight excluding hydrogens is 479 g/mol. The second kappa shape index (κ2) is 8.53. The maximum Gasteiger partial charge on any atom is 0.416 e. The van der Waals surface area contributed by atoms with Crippen LogP contribution < -0.4 is 9.46 Å². The Hall–Kier alpha value is -3.37. The number of fused-ring (bicyclic) bond motifs is 1. The van der Waals surface area contributed by atoms with E-state index in [-0.39, 0.29) is 21.4 Å². The van der Waals surface area contributed by atoms with Crippen LogP contribution in [0.4, 0.5) is 18.9 Å². The van der Waals surface area contributed by atoms with Crippen LogP contribution in [-0.2, 0) is 16.2 Å². The number of nitrogens with one attached hydrogen (secondary N) is 1. The molecule has 0 saturated carbocycles. The fraction of sp³-hybridized carbons (Fsp3) is 0.0909. The third kappa shape index (κ3) is 4.57.